The molecule has 0 fully saturated rings. The minimum absolute atomic E-state index is 0.0387. The number of ketones is 1. The Bertz CT molecular complexity index is 802. The molecule has 2 rings (SSSR count). The maximum Gasteiger partial charge on any atom is 0.244 e. The average molecular weight is 391 g/mol. The predicted octanol–water partition coefficient (Wildman–Crippen LogP) is 3.84. The van der Waals surface area contributed by atoms with Gasteiger partial charge in [-0.15, -0.1) is 23.1 Å². The van der Waals surface area contributed by atoms with Crippen LogP contribution in [0.15, 0.2) is 41.3 Å². The van der Waals surface area contributed by atoms with Gasteiger partial charge in [0, 0.05) is 29.7 Å². The van der Waals surface area contributed by atoms with E-state index in [4.69, 9.17) is 0 Å². The molecule has 2 aromatic rings. The van der Waals surface area contributed by atoms with Gasteiger partial charge in [-0.2, -0.15) is 0 Å². The van der Waals surface area contributed by atoms with Crippen molar-refractivity contribution < 1.29 is 14.4 Å². The summed E-state index contributed by atoms with van der Waals surface area (Å²) in [6, 6.07) is 11.2. The number of amides is 2. The topological polar surface area (TPSA) is 66.5 Å². The molecule has 26 heavy (non-hydrogen) atoms. The molecule has 0 aliphatic heterocycles. The number of thioether (sulfide) groups is 1. The number of rotatable bonds is 8. The van der Waals surface area contributed by atoms with Crippen molar-refractivity contribution in [1.29, 1.82) is 0 Å². The van der Waals surface area contributed by atoms with Crippen molar-refractivity contribution in [2.24, 2.45) is 0 Å². The average Bonchev–Trinajstić information content (AvgIpc) is 3.06. The molecule has 0 aliphatic rings. The molecule has 5 nitrogen and oxygen atoms in total. The number of thiophene rings is 1. The van der Waals surface area contributed by atoms with Crippen molar-refractivity contribution in [3.05, 3.63) is 46.2 Å². The lowest BCUT2D eigenvalue weighted by atomic mass is 10.2. The molecule has 0 bridgehead atoms. The molecule has 0 aliphatic carbocycles. The summed E-state index contributed by atoms with van der Waals surface area (Å²) in [5.74, 6) is -0.523. The van der Waals surface area contributed by atoms with Gasteiger partial charge in [-0.1, -0.05) is 12.1 Å². The summed E-state index contributed by atoms with van der Waals surface area (Å²) in [6.45, 7) is 1.89. The Morgan fingerprint density at radius 1 is 1.12 bits per heavy atom. The van der Waals surface area contributed by atoms with Gasteiger partial charge in [-0.05, 0) is 37.4 Å². The number of para-hydroxylation sites is 1. The van der Waals surface area contributed by atoms with Crippen LogP contribution in [0.2, 0.25) is 0 Å². The fourth-order valence-corrected chi connectivity index (χ4v) is 3.75. The number of Topliss-reactive ketones (excluding diaryl/α,β-unsaturated/α-hetero) is 1. The van der Waals surface area contributed by atoms with Gasteiger partial charge in [0.15, 0.2) is 5.78 Å². The highest BCUT2D eigenvalue weighted by Crippen LogP contribution is 2.24. The largest absolute Gasteiger partial charge is 0.336 e. The minimum Gasteiger partial charge on any atom is -0.336 e. The van der Waals surface area contributed by atoms with Gasteiger partial charge in [-0.25, -0.2) is 0 Å². The van der Waals surface area contributed by atoms with E-state index >= 15 is 0 Å². The van der Waals surface area contributed by atoms with Crippen LogP contribution in [0.5, 0.6) is 0 Å². The highest BCUT2D eigenvalue weighted by Gasteiger charge is 2.16. The second-order valence-electron chi connectivity index (χ2n) is 5.83. The lowest BCUT2D eigenvalue weighted by Gasteiger charge is -2.17. The third kappa shape index (κ3) is 5.71. The quantitative estimate of drug-likeness (QED) is 0.549. The van der Waals surface area contributed by atoms with Crippen molar-refractivity contribution in [3.63, 3.8) is 0 Å². The van der Waals surface area contributed by atoms with Gasteiger partial charge in [0.05, 0.1) is 17.1 Å². The van der Waals surface area contributed by atoms with Crippen molar-refractivity contribution in [1.82, 2.24) is 4.90 Å². The molecular weight excluding hydrogens is 368 g/mol. The van der Waals surface area contributed by atoms with Crippen molar-refractivity contribution in [2.45, 2.75) is 24.7 Å². The van der Waals surface area contributed by atoms with E-state index in [1.54, 1.807) is 24.9 Å². The van der Waals surface area contributed by atoms with Crippen LogP contribution in [-0.4, -0.2) is 42.3 Å². The molecule has 0 spiro atoms. The second-order valence-corrected chi connectivity index (χ2v) is 7.97. The highest BCUT2D eigenvalue weighted by atomic mass is 32.2. The fraction of sp³-hybridized carbons (Fsp3) is 0.316. The zero-order valence-corrected chi connectivity index (χ0v) is 16.7. The Labute approximate surface area is 161 Å². The van der Waals surface area contributed by atoms with Crippen LogP contribution < -0.4 is 5.32 Å². The lowest BCUT2D eigenvalue weighted by Crippen LogP contribution is -2.35. The zero-order chi connectivity index (χ0) is 19.1. The molecule has 1 aromatic heterocycles. The molecule has 0 saturated heterocycles. The van der Waals surface area contributed by atoms with Gasteiger partial charge in [0.1, 0.15) is 0 Å². The number of likely N-dealkylation sites (N-methyl/N-ethyl adjacent to an activating group) is 1. The van der Waals surface area contributed by atoms with Gasteiger partial charge in [-0.3, -0.25) is 14.4 Å². The minimum atomic E-state index is -0.262. The van der Waals surface area contributed by atoms with Gasteiger partial charge in [0.2, 0.25) is 11.8 Å². The Balaban J connectivity index is 1.82. The lowest BCUT2D eigenvalue weighted by molar-refractivity contribution is -0.133. The standard InChI is InChI=1S/C19H22N2O3S2/c1-13-8-10-17(26-13)15(22)9-11-19(24)21(2)12-18(23)20-14-6-4-5-7-16(14)25-3/h4-8,10H,9,11-12H2,1-3H3,(H,20,23). The van der Waals surface area contributed by atoms with Crippen molar-refractivity contribution >= 4 is 46.4 Å². The molecule has 1 aromatic carbocycles. The number of aryl methyl sites for hydroxylation is 1. The summed E-state index contributed by atoms with van der Waals surface area (Å²) in [5.41, 5.74) is 0.731. The van der Waals surface area contributed by atoms with Crippen LogP contribution >= 0.6 is 23.1 Å². The zero-order valence-electron chi connectivity index (χ0n) is 15.1. The summed E-state index contributed by atoms with van der Waals surface area (Å²) in [4.78, 5) is 40.5. The molecule has 138 valence electrons. The first-order valence-electron chi connectivity index (χ1n) is 8.17. The number of carbonyl (C=O) groups excluding carboxylic acids is 3. The fourth-order valence-electron chi connectivity index (χ4n) is 2.36. The van der Waals surface area contributed by atoms with Crippen LogP contribution in [0, 0.1) is 6.92 Å². The number of nitrogens with zero attached hydrogens (tertiary/aromatic N) is 1. The number of hydrogen-bond donors (Lipinski definition) is 1. The first-order chi connectivity index (χ1) is 12.4. The molecule has 1 N–H and O–H groups in total. The van der Waals surface area contributed by atoms with Crippen LogP contribution in [0.4, 0.5) is 5.69 Å². The Kier molecular flexibility index (Phi) is 7.41. The molecule has 7 heteroatoms. The smallest absolute Gasteiger partial charge is 0.244 e. The SMILES string of the molecule is CSc1ccccc1NC(=O)CN(C)C(=O)CCC(=O)c1ccc(C)s1. The molecular formula is C19H22N2O3S2. The van der Waals surface area contributed by atoms with Crippen molar-refractivity contribution in [2.75, 3.05) is 25.2 Å². The van der Waals surface area contributed by atoms with E-state index in [2.05, 4.69) is 5.32 Å². The second kappa shape index (κ2) is 9.54. The highest BCUT2D eigenvalue weighted by molar-refractivity contribution is 7.98. The van der Waals surface area contributed by atoms with E-state index in [9.17, 15) is 14.4 Å². The molecule has 0 saturated carbocycles. The van der Waals surface area contributed by atoms with Gasteiger partial charge < -0.3 is 10.2 Å². The third-order valence-corrected chi connectivity index (χ3v) is 5.61. The first-order valence-corrected chi connectivity index (χ1v) is 10.2. The van der Waals surface area contributed by atoms with E-state index in [1.165, 1.54) is 16.2 Å². The molecule has 2 amide bonds. The third-order valence-electron chi connectivity index (χ3n) is 3.77. The number of benzene rings is 1. The summed E-state index contributed by atoms with van der Waals surface area (Å²) < 4.78 is 0. The van der Waals surface area contributed by atoms with E-state index in [0.717, 1.165) is 15.5 Å². The Morgan fingerprint density at radius 2 is 1.85 bits per heavy atom. The monoisotopic (exact) mass is 390 g/mol. The summed E-state index contributed by atoms with van der Waals surface area (Å²) in [6.07, 6.45) is 2.19. The van der Waals surface area contributed by atoms with Gasteiger partial charge in [0.25, 0.3) is 0 Å². The summed E-state index contributed by atoms with van der Waals surface area (Å²) in [7, 11) is 1.57. The maximum atomic E-state index is 12.2. The van der Waals surface area contributed by atoms with Crippen LogP contribution in [0.3, 0.4) is 0 Å². The molecule has 0 atom stereocenters. The Morgan fingerprint density at radius 3 is 2.50 bits per heavy atom. The van der Waals surface area contributed by atoms with E-state index < -0.39 is 0 Å². The van der Waals surface area contributed by atoms with Crippen LogP contribution in [0.25, 0.3) is 0 Å². The Hall–Kier alpha value is -2.12. The summed E-state index contributed by atoms with van der Waals surface area (Å²) >= 11 is 2.97. The van der Waals surface area contributed by atoms with E-state index in [1.807, 2.05) is 43.5 Å². The number of hydrogen-bond acceptors (Lipinski definition) is 5. The number of nitrogens with one attached hydrogen (secondary N) is 1. The summed E-state index contributed by atoms with van der Waals surface area (Å²) in [5, 5.41) is 2.82. The van der Waals surface area contributed by atoms with Crippen LogP contribution in [0.1, 0.15) is 27.4 Å². The molecule has 0 radical (unpaired) electrons. The van der Waals surface area contributed by atoms with E-state index in [-0.39, 0.29) is 37.0 Å². The van der Waals surface area contributed by atoms with Gasteiger partial charge >= 0.3 is 0 Å². The first kappa shape index (κ1) is 20.2. The van der Waals surface area contributed by atoms with Crippen molar-refractivity contribution in [3.8, 4) is 0 Å². The molecule has 1 heterocycles. The number of anilines is 1. The maximum absolute atomic E-state index is 12.2. The normalized spacial score (nSPS) is 10.4. The molecule has 0 unspecified atom stereocenters. The van der Waals surface area contributed by atoms with Crippen LogP contribution in [-0.2, 0) is 9.59 Å². The predicted molar refractivity (Wildman–Crippen MR) is 107 cm³/mol. The van der Waals surface area contributed by atoms with E-state index in [0.29, 0.717) is 4.88 Å². The number of carbonyl (C=O) groups is 3.